The van der Waals surface area contributed by atoms with Crippen molar-refractivity contribution in [1.82, 2.24) is 24.5 Å². The number of nitrogens with zero attached hydrogens (tertiary/aromatic N) is 8. The predicted molar refractivity (Wildman–Crippen MR) is 125 cm³/mol. The number of ether oxygens (including phenoxy) is 1. The number of halogens is 1. The first kappa shape index (κ1) is 22.9. The molecular formula is C21H21ClN10O2. The summed E-state index contributed by atoms with van der Waals surface area (Å²) in [5.41, 5.74) is 2.09. The lowest BCUT2D eigenvalue weighted by Crippen LogP contribution is -2.53. The van der Waals surface area contributed by atoms with Gasteiger partial charge >= 0.3 is 6.09 Å². The van der Waals surface area contributed by atoms with E-state index in [1.54, 1.807) is 24.1 Å². The summed E-state index contributed by atoms with van der Waals surface area (Å²) >= 11 is 6.78. The van der Waals surface area contributed by atoms with E-state index in [0.717, 1.165) is 0 Å². The van der Waals surface area contributed by atoms with Crippen molar-refractivity contribution in [1.29, 1.82) is 10.5 Å². The lowest BCUT2D eigenvalue weighted by molar-refractivity contribution is 0.116. The first-order valence-electron chi connectivity index (χ1n) is 10.3. The minimum Gasteiger partial charge on any atom is -0.453 e. The molecule has 3 aromatic rings. The van der Waals surface area contributed by atoms with Crippen molar-refractivity contribution < 1.29 is 9.53 Å². The molecule has 34 heavy (non-hydrogen) atoms. The summed E-state index contributed by atoms with van der Waals surface area (Å²) in [4.78, 5) is 24.4. The number of nitrogens with one attached hydrogen (secondary N) is 2. The number of amides is 1. The van der Waals surface area contributed by atoms with Crippen LogP contribution in [0.25, 0.3) is 5.65 Å². The highest BCUT2D eigenvalue weighted by Gasteiger charge is 2.29. The van der Waals surface area contributed by atoms with Gasteiger partial charge in [-0.25, -0.2) is 4.79 Å². The Bertz CT molecular complexity index is 1340. The molecule has 174 valence electrons. The molecular weight excluding hydrogens is 460 g/mol. The number of carbonyl (C=O) groups is 1. The van der Waals surface area contributed by atoms with Crippen molar-refractivity contribution in [2.24, 2.45) is 0 Å². The van der Waals surface area contributed by atoms with Crippen LogP contribution in [0.2, 0.25) is 5.02 Å². The Hall–Kier alpha value is -4.29. The quantitative estimate of drug-likeness (QED) is 0.570. The van der Waals surface area contributed by atoms with Crippen LogP contribution in [0.4, 0.5) is 28.1 Å². The third-order valence-electron chi connectivity index (χ3n) is 5.51. The highest BCUT2D eigenvalue weighted by Crippen LogP contribution is 2.37. The van der Waals surface area contributed by atoms with Gasteiger partial charge in [0, 0.05) is 32.7 Å². The van der Waals surface area contributed by atoms with Gasteiger partial charge in [0.1, 0.15) is 11.6 Å². The normalized spacial score (nSPS) is 15.5. The minimum atomic E-state index is -0.379. The van der Waals surface area contributed by atoms with Crippen molar-refractivity contribution in [2.45, 2.75) is 13.0 Å². The van der Waals surface area contributed by atoms with Crippen LogP contribution in [0.1, 0.15) is 18.1 Å². The number of rotatable bonds is 4. The molecule has 1 aliphatic rings. The summed E-state index contributed by atoms with van der Waals surface area (Å²) in [5, 5.41) is 29.5. The van der Waals surface area contributed by atoms with E-state index in [0.29, 0.717) is 53.2 Å². The molecule has 1 aromatic carbocycles. The van der Waals surface area contributed by atoms with Crippen molar-refractivity contribution in [3.05, 3.63) is 34.5 Å². The fourth-order valence-corrected chi connectivity index (χ4v) is 4.14. The molecule has 0 aliphatic carbocycles. The van der Waals surface area contributed by atoms with E-state index in [1.807, 2.05) is 11.8 Å². The molecule has 12 nitrogen and oxygen atoms in total. The van der Waals surface area contributed by atoms with Crippen LogP contribution in [-0.4, -0.2) is 70.4 Å². The number of nitriles is 2. The van der Waals surface area contributed by atoms with Gasteiger partial charge in [-0.05, 0) is 19.1 Å². The Balaban J connectivity index is 1.71. The van der Waals surface area contributed by atoms with E-state index < -0.39 is 0 Å². The average molecular weight is 481 g/mol. The zero-order chi connectivity index (χ0) is 24.4. The molecule has 1 atom stereocenters. The van der Waals surface area contributed by atoms with Crippen LogP contribution in [0.3, 0.4) is 0 Å². The molecule has 0 saturated carbocycles. The van der Waals surface area contributed by atoms with Gasteiger partial charge in [0.2, 0.25) is 11.9 Å². The Morgan fingerprint density at radius 2 is 2.06 bits per heavy atom. The number of piperazine rings is 1. The molecule has 3 heterocycles. The third-order valence-corrected chi connectivity index (χ3v) is 5.91. The SMILES string of the molecule is CNc1nc(Nc2cc(C#N)cc(N3CCN(C(=O)OC)C[C@@H]3C)c2Cl)nc2c(C#N)cnn12. The van der Waals surface area contributed by atoms with Crippen molar-refractivity contribution >= 4 is 46.6 Å². The number of carbonyl (C=O) groups excluding carboxylic acids is 1. The monoisotopic (exact) mass is 480 g/mol. The van der Waals surface area contributed by atoms with Gasteiger partial charge in [0.15, 0.2) is 5.65 Å². The number of hydrogen-bond donors (Lipinski definition) is 2. The second-order valence-electron chi connectivity index (χ2n) is 7.58. The number of methoxy groups -OCH3 is 1. The molecule has 0 unspecified atom stereocenters. The second-order valence-corrected chi connectivity index (χ2v) is 7.96. The first-order chi connectivity index (χ1) is 16.4. The van der Waals surface area contributed by atoms with Crippen LogP contribution in [0.15, 0.2) is 18.3 Å². The summed E-state index contributed by atoms with van der Waals surface area (Å²) in [7, 11) is 3.03. The van der Waals surface area contributed by atoms with Crippen LogP contribution in [0.5, 0.6) is 0 Å². The van der Waals surface area contributed by atoms with E-state index in [9.17, 15) is 15.3 Å². The van der Waals surface area contributed by atoms with Gasteiger partial charge in [-0.2, -0.15) is 30.1 Å². The predicted octanol–water partition coefficient (Wildman–Crippen LogP) is 2.58. The van der Waals surface area contributed by atoms with Crippen molar-refractivity contribution in [2.75, 3.05) is 49.3 Å². The molecule has 0 radical (unpaired) electrons. The Morgan fingerprint density at radius 1 is 1.26 bits per heavy atom. The molecule has 1 fully saturated rings. The number of fused-ring (bicyclic) bond motifs is 1. The summed E-state index contributed by atoms with van der Waals surface area (Å²) < 4.78 is 6.25. The molecule has 2 aromatic heterocycles. The summed E-state index contributed by atoms with van der Waals surface area (Å²) in [6, 6.07) is 7.46. The largest absolute Gasteiger partial charge is 0.453 e. The second kappa shape index (κ2) is 9.29. The van der Waals surface area contributed by atoms with E-state index in [2.05, 4.69) is 37.8 Å². The van der Waals surface area contributed by atoms with Gasteiger partial charge in [-0.15, -0.1) is 0 Å². The van der Waals surface area contributed by atoms with Gasteiger partial charge in [0.05, 0.1) is 41.3 Å². The maximum absolute atomic E-state index is 11.9. The number of aromatic nitrogens is 4. The lowest BCUT2D eigenvalue weighted by atomic mass is 10.1. The Kier molecular flexibility index (Phi) is 6.25. The van der Waals surface area contributed by atoms with Crippen LogP contribution < -0.4 is 15.5 Å². The summed E-state index contributed by atoms with van der Waals surface area (Å²) in [6.07, 6.45) is 1.03. The van der Waals surface area contributed by atoms with Crippen molar-refractivity contribution in [3.63, 3.8) is 0 Å². The maximum atomic E-state index is 11.9. The van der Waals surface area contributed by atoms with Gasteiger partial charge in [-0.1, -0.05) is 11.6 Å². The van der Waals surface area contributed by atoms with Crippen LogP contribution in [-0.2, 0) is 4.74 Å². The molecule has 1 saturated heterocycles. The van der Waals surface area contributed by atoms with Gasteiger partial charge < -0.3 is 25.2 Å². The van der Waals surface area contributed by atoms with Crippen LogP contribution in [0, 0.1) is 22.7 Å². The highest BCUT2D eigenvalue weighted by molar-refractivity contribution is 6.36. The summed E-state index contributed by atoms with van der Waals surface area (Å²) in [6.45, 7) is 3.39. The fraction of sp³-hybridized carbons (Fsp3) is 0.333. The zero-order valence-electron chi connectivity index (χ0n) is 18.7. The van der Waals surface area contributed by atoms with Crippen molar-refractivity contribution in [3.8, 4) is 12.1 Å². The molecule has 4 rings (SSSR count). The highest BCUT2D eigenvalue weighted by atomic mass is 35.5. The fourth-order valence-electron chi connectivity index (χ4n) is 3.88. The summed E-state index contributed by atoms with van der Waals surface area (Å²) in [5.74, 6) is 0.551. The van der Waals surface area contributed by atoms with Crippen LogP contribution >= 0.6 is 11.6 Å². The molecule has 1 aliphatic heterocycles. The van der Waals surface area contributed by atoms with Gasteiger partial charge in [-0.3, -0.25) is 0 Å². The molecule has 0 bridgehead atoms. The number of anilines is 4. The molecule has 0 spiro atoms. The number of hydrogen-bond acceptors (Lipinski definition) is 10. The number of benzene rings is 1. The Morgan fingerprint density at radius 3 is 2.71 bits per heavy atom. The third kappa shape index (κ3) is 4.07. The Labute approximate surface area is 200 Å². The maximum Gasteiger partial charge on any atom is 0.409 e. The lowest BCUT2D eigenvalue weighted by Gasteiger charge is -2.41. The minimum absolute atomic E-state index is 0.0689. The molecule has 2 N–H and O–H groups in total. The van der Waals surface area contributed by atoms with Gasteiger partial charge in [0.25, 0.3) is 0 Å². The standard InChI is InChI=1S/C21H21ClN10O2/c1-12-11-30(21(33)34-3)4-5-31(12)16-7-13(8-23)6-15(17(16)22)27-19-28-18-14(9-24)10-26-32(18)20(25-2)29-19/h6-7,10,12H,4-5,11H2,1-3H3,(H2,25,27,28,29)/t12-/m0/s1. The van der Waals surface area contributed by atoms with E-state index >= 15 is 0 Å². The van der Waals surface area contributed by atoms with E-state index in [-0.39, 0.29) is 23.6 Å². The average Bonchev–Trinajstić information content (AvgIpc) is 3.27. The van der Waals surface area contributed by atoms with E-state index in [4.69, 9.17) is 16.3 Å². The smallest absolute Gasteiger partial charge is 0.409 e. The molecule has 1 amide bonds. The van der Waals surface area contributed by atoms with E-state index in [1.165, 1.54) is 17.8 Å². The molecule has 13 heteroatoms. The zero-order valence-corrected chi connectivity index (χ0v) is 19.5. The first-order valence-corrected chi connectivity index (χ1v) is 10.7. The topological polar surface area (TPSA) is 147 Å².